The van der Waals surface area contributed by atoms with Gasteiger partial charge >= 0.3 is 0 Å². The second-order valence-corrected chi connectivity index (χ2v) is 6.73. The molecule has 0 aliphatic rings. The number of hydrogen-bond acceptors (Lipinski definition) is 1. The second-order valence-electron chi connectivity index (χ2n) is 6.35. The van der Waals surface area contributed by atoms with E-state index in [1.165, 1.54) is 5.56 Å². The molecule has 3 aromatic carbocycles. The molecule has 2 heteroatoms. The van der Waals surface area contributed by atoms with Crippen LogP contribution in [-0.2, 0) is 0 Å². The van der Waals surface area contributed by atoms with E-state index in [1.807, 2.05) is 18.2 Å². The first kappa shape index (κ1) is 15.9. The third-order valence-corrected chi connectivity index (χ3v) is 4.91. The Morgan fingerprint density at radius 2 is 1.44 bits per heavy atom. The molecule has 1 nitrogen and oxygen atoms in total. The average molecular weight is 344 g/mol. The van der Waals surface area contributed by atoms with Crippen molar-refractivity contribution in [3.05, 3.63) is 88.9 Å². The fraction of sp³-hybridized carbons (Fsp3) is 0.0870. The number of aryl methyl sites for hydroxylation is 2. The van der Waals surface area contributed by atoms with Gasteiger partial charge in [0.1, 0.15) is 0 Å². The summed E-state index contributed by atoms with van der Waals surface area (Å²) in [5.74, 6) is 0. The molecule has 0 amide bonds. The van der Waals surface area contributed by atoms with Gasteiger partial charge in [0.05, 0.1) is 16.2 Å². The Hall–Kier alpha value is -2.64. The van der Waals surface area contributed by atoms with Gasteiger partial charge in [-0.05, 0) is 25.0 Å². The number of rotatable bonds is 2. The van der Waals surface area contributed by atoms with Crippen molar-refractivity contribution in [2.24, 2.45) is 0 Å². The van der Waals surface area contributed by atoms with Crippen LogP contribution in [0.3, 0.4) is 0 Å². The molecule has 0 saturated carbocycles. The molecule has 25 heavy (non-hydrogen) atoms. The zero-order valence-corrected chi connectivity index (χ0v) is 15.0. The van der Waals surface area contributed by atoms with Gasteiger partial charge in [-0.25, -0.2) is 4.98 Å². The zero-order chi connectivity index (χ0) is 17.4. The summed E-state index contributed by atoms with van der Waals surface area (Å²) in [5.41, 5.74) is 7.42. The van der Waals surface area contributed by atoms with E-state index in [1.54, 1.807) is 0 Å². The molecule has 0 N–H and O–H groups in total. The number of para-hydroxylation sites is 1. The summed E-state index contributed by atoms with van der Waals surface area (Å²) in [6.45, 7) is 4.19. The standard InChI is InChI=1S/C23H18ClN/c1-15-11-13-17(14-12-15)20-19-10-6-7-16(2)22(19)25-23(21(20)24)18-8-4-3-5-9-18/h3-14H,1-2H3. The Morgan fingerprint density at radius 3 is 2.16 bits per heavy atom. The number of nitrogens with zero attached hydrogens (tertiary/aromatic N) is 1. The molecule has 0 bridgehead atoms. The highest BCUT2D eigenvalue weighted by Gasteiger charge is 2.17. The average Bonchev–Trinajstić information content (AvgIpc) is 2.63. The summed E-state index contributed by atoms with van der Waals surface area (Å²) >= 11 is 6.89. The molecule has 122 valence electrons. The highest BCUT2D eigenvalue weighted by Crippen LogP contribution is 2.40. The molecule has 0 radical (unpaired) electrons. The smallest absolute Gasteiger partial charge is 0.0902 e. The number of halogens is 1. The van der Waals surface area contributed by atoms with Gasteiger partial charge in [0, 0.05) is 16.5 Å². The predicted molar refractivity (Wildman–Crippen MR) is 107 cm³/mol. The van der Waals surface area contributed by atoms with Crippen LogP contribution in [0.25, 0.3) is 33.3 Å². The van der Waals surface area contributed by atoms with E-state index in [0.717, 1.165) is 38.9 Å². The normalized spacial score (nSPS) is 11.0. The van der Waals surface area contributed by atoms with Gasteiger partial charge in [-0.15, -0.1) is 0 Å². The summed E-state index contributed by atoms with van der Waals surface area (Å²) in [6.07, 6.45) is 0. The number of pyridine rings is 1. The Kier molecular flexibility index (Phi) is 4.03. The van der Waals surface area contributed by atoms with E-state index in [4.69, 9.17) is 16.6 Å². The van der Waals surface area contributed by atoms with E-state index in [0.29, 0.717) is 5.02 Å². The quantitative estimate of drug-likeness (QED) is 0.388. The summed E-state index contributed by atoms with van der Waals surface area (Å²) < 4.78 is 0. The van der Waals surface area contributed by atoms with Crippen LogP contribution in [-0.4, -0.2) is 4.98 Å². The van der Waals surface area contributed by atoms with Crippen LogP contribution in [0.5, 0.6) is 0 Å². The van der Waals surface area contributed by atoms with E-state index < -0.39 is 0 Å². The maximum Gasteiger partial charge on any atom is 0.0902 e. The lowest BCUT2D eigenvalue weighted by Gasteiger charge is -2.15. The Balaban J connectivity index is 2.11. The summed E-state index contributed by atoms with van der Waals surface area (Å²) in [5, 5.41) is 1.79. The molecular weight excluding hydrogens is 326 g/mol. The van der Waals surface area contributed by atoms with Crippen LogP contribution < -0.4 is 0 Å². The predicted octanol–water partition coefficient (Wildman–Crippen LogP) is 6.84. The Bertz CT molecular complexity index is 1050. The van der Waals surface area contributed by atoms with Crippen molar-refractivity contribution < 1.29 is 0 Å². The van der Waals surface area contributed by atoms with Gasteiger partial charge in [0.25, 0.3) is 0 Å². The third kappa shape index (κ3) is 2.81. The molecule has 0 fully saturated rings. The van der Waals surface area contributed by atoms with Crippen molar-refractivity contribution in [3.8, 4) is 22.4 Å². The molecule has 1 heterocycles. The lowest BCUT2D eigenvalue weighted by molar-refractivity contribution is 1.36. The van der Waals surface area contributed by atoms with E-state index in [9.17, 15) is 0 Å². The highest BCUT2D eigenvalue weighted by molar-refractivity contribution is 6.37. The molecule has 4 aromatic rings. The minimum absolute atomic E-state index is 0.702. The highest BCUT2D eigenvalue weighted by atomic mass is 35.5. The monoisotopic (exact) mass is 343 g/mol. The number of aromatic nitrogens is 1. The van der Waals surface area contributed by atoms with E-state index in [2.05, 4.69) is 68.4 Å². The summed E-state index contributed by atoms with van der Waals surface area (Å²) in [7, 11) is 0. The number of fused-ring (bicyclic) bond motifs is 1. The van der Waals surface area contributed by atoms with Crippen molar-refractivity contribution >= 4 is 22.5 Å². The van der Waals surface area contributed by atoms with Gasteiger partial charge < -0.3 is 0 Å². The first-order valence-electron chi connectivity index (χ1n) is 8.36. The number of benzene rings is 3. The van der Waals surface area contributed by atoms with Crippen LogP contribution in [0.1, 0.15) is 11.1 Å². The van der Waals surface area contributed by atoms with E-state index >= 15 is 0 Å². The molecule has 1 aromatic heterocycles. The summed E-state index contributed by atoms with van der Waals surface area (Å²) in [6, 6.07) is 24.9. The van der Waals surface area contributed by atoms with Crippen molar-refractivity contribution in [3.63, 3.8) is 0 Å². The molecule has 0 unspecified atom stereocenters. The lowest BCUT2D eigenvalue weighted by Crippen LogP contribution is -1.94. The van der Waals surface area contributed by atoms with Gasteiger partial charge in [0.15, 0.2) is 0 Å². The van der Waals surface area contributed by atoms with Crippen LogP contribution >= 0.6 is 11.6 Å². The van der Waals surface area contributed by atoms with Gasteiger partial charge in [0.2, 0.25) is 0 Å². The van der Waals surface area contributed by atoms with Crippen LogP contribution in [0.4, 0.5) is 0 Å². The molecule has 0 aliphatic heterocycles. The first-order valence-corrected chi connectivity index (χ1v) is 8.74. The number of hydrogen-bond donors (Lipinski definition) is 0. The van der Waals surface area contributed by atoms with Crippen molar-refractivity contribution in [1.29, 1.82) is 0 Å². The SMILES string of the molecule is Cc1ccc(-c2c(Cl)c(-c3ccccc3)nc3c(C)cccc23)cc1. The lowest BCUT2D eigenvalue weighted by atomic mass is 9.96. The largest absolute Gasteiger partial charge is 0.246 e. The Labute approximate surface area is 152 Å². The second kappa shape index (κ2) is 6.34. The zero-order valence-electron chi connectivity index (χ0n) is 14.3. The van der Waals surface area contributed by atoms with Gasteiger partial charge in [-0.2, -0.15) is 0 Å². The van der Waals surface area contributed by atoms with Crippen LogP contribution in [0.2, 0.25) is 5.02 Å². The minimum Gasteiger partial charge on any atom is -0.246 e. The first-order chi connectivity index (χ1) is 12.1. The maximum absolute atomic E-state index is 6.89. The van der Waals surface area contributed by atoms with E-state index in [-0.39, 0.29) is 0 Å². The fourth-order valence-corrected chi connectivity index (χ4v) is 3.56. The third-order valence-electron chi connectivity index (χ3n) is 4.55. The Morgan fingerprint density at radius 1 is 0.720 bits per heavy atom. The van der Waals surface area contributed by atoms with Gasteiger partial charge in [-0.3, -0.25) is 0 Å². The van der Waals surface area contributed by atoms with Crippen LogP contribution in [0.15, 0.2) is 72.8 Å². The van der Waals surface area contributed by atoms with Crippen molar-refractivity contribution in [2.45, 2.75) is 13.8 Å². The minimum atomic E-state index is 0.702. The molecular formula is C23H18ClN. The molecule has 0 saturated heterocycles. The summed E-state index contributed by atoms with van der Waals surface area (Å²) in [4.78, 5) is 4.92. The van der Waals surface area contributed by atoms with Gasteiger partial charge in [-0.1, -0.05) is 90.0 Å². The molecule has 0 aliphatic carbocycles. The van der Waals surface area contributed by atoms with Crippen LogP contribution in [0, 0.1) is 13.8 Å². The topological polar surface area (TPSA) is 12.9 Å². The van der Waals surface area contributed by atoms with Crippen molar-refractivity contribution in [1.82, 2.24) is 4.98 Å². The molecule has 4 rings (SSSR count). The van der Waals surface area contributed by atoms with Crippen molar-refractivity contribution in [2.75, 3.05) is 0 Å². The molecule has 0 atom stereocenters. The molecule has 0 spiro atoms. The maximum atomic E-state index is 6.89. The fourth-order valence-electron chi connectivity index (χ4n) is 3.20.